The predicted octanol–water partition coefficient (Wildman–Crippen LogP) is 2.66. The van der Waals surface area contributed by atoms with Gasteiger partial charge in [0.05, 0.1) is 4.88 Å². The summed E-state index contributed by atoms with van der Waals surface area (Å²) in [6, 6.07) is 7.98. The van der Waals surface area contributed by atoms with E-state index in [1.165, 1.54) is 18.3 Å². The largest absolute Gasteiger partial charge is 0.378 e. The molecule has 2 rings (SSSR count). The number of thiazole rings is 1. The minimum absolute atomic E-state index is 0.0605. The van der Waals surface area contributed by atoms with Crippen LogP contribution in [0.4, 0.5) is 10.8 Å². The molecule has 0 spiro atoms. The Hall–Kier alpha value is -1.88. The molecule has 1 aromatic carbocycles. The van der Waals surface area contributed by atoms with Crippen LogP contribution in [0.1, 0.15) is 17.4 Å². The second kappa shape index (κ2) is 4.78. The zero-order valence-corrected chi connectivity index (χ0v) is 11.4. The summed E-state index contributed by atoms with van der Waals surface area (Å²) < 4.78 is 0. The fourth-order valence-electron chi connectivity index (χ4n) is 1.68. The molecule has 4 nitrogen and oxygen atoms in total. The quantitative estimate of drug-likeness (QED) is 0.863. The summed E-state index contributed by atoms with van der Waals surface area (Å²) in [5.41, 5.74) is 8.22. The van der Waals surface area contributed by atoms with Crippen LogP contribution in [0.5, 0.6) is 0 Å². The summed E-state index contributed by atoms with van der Waals surface area (Å²) in [6.45, 7) is 1.51. The molecule has 0 aliphatic rings. The molecule has 2 aromatic rings. The number of rotatable bonds is 3. The molecule has 0 amide bonds. The number of aromatic nitrogens is 1. The number of Topliss-reactive ketones (excluding diaryl/α,β-unsaturated/α-hetero) is 1. The Morgan fingerprint density at radius 1 is 1.28 bits per heavy atom. The Labute approximate surface area is 110 Å². The Balaban J connectivity index is 2.45. The lowest BCUT2D eigenvalue weighted by Crippen LogP contribution is -2.07. The van der Waals surface area contributed by atoms with Gasteiger partial charge in [-0.05, 0) is 17.7 Å². The number of carbonyl (C=O) groups excluding carboxylic acids is 1. The maximum Gasteiger partial charge on any atom is 0.181 e. The summed E-state index contributed by atoms with van der Waals surface area (Å²) in [6.07, 6.45) is 0. The van der Waals surface area contributed by atoms with E-state index < -0.39 is 0 Å². The highest BCUT2D eigenvalue weighted by atomic mass is 32.1. The SMILES string of the molecule is CC(=O)c1nc(N)sc1-c1ccc(N(C)C)cc1. The Morgan fingerprint density at radius 2 is 1.89 bits per heavy atom. The lowest BCUT2D eigenvalue weighted by molar-refractivity contribution is 0.101. The molecular weight excluding hydrogens is 246 g/mol. The summed E-state index contributed by atoms with van der Waals surface area (Å²) >= 11 is 1.34. The van der Waals surface area contributed by atoms with Crippen molar-refractivity contribution in [2.24, 2.45) is 0 Å². The Morgan fingerprint density at radius 3 is 2.39 bits per heavy atom. The maximum atomic E-state index is 11.5. The molecule has 0 atom stereocenters. The number of anilines is 2. The van der Waals surface area contributed by atoms with E-state index in [2.05, 4.69) is 4.98 Å². The molecule has 0 fully saturated rings. The van der Waals surface area contributed by atoms with Gasteiger partial charge in [0, 0.05) is 26.7 Å². The van der Waals surface area contributed by atoms with Crippen molar-refractivity contribution in [2.45, 2.75) is 6.92 Å². The lowest BCUT2D eigenvalue weighted by atomic mass is 10.1. The Kier molecular flexibility index (Phi) is 3.34. The zero-order chi connectivity index (χ0) is 13.3. The number of benzene rings is 1. The smallest absolute Gasteiger partial charge is 0.181 e. The summed E-state index contributed by atoms with van der Waals surface area (Å²) in [4.78, 5) is 18.5. The van der Waals surface area contributed by atoms with Crippen LogP contribution < -0.4 is 10.6 Å². The molecule has 0 unspecified atom stereocenters. The van der Waals surface area contributed by atoms with Crippen molar-refractivity contribution in [3.63, 3.8) is 0 Å². The van der Waals surface area contributed by atoms with Crippen LogP contribution in [0.15, 0.2) is 24.3 Å². The lowest BCUT2D eigenvalue weighted by Gasteiger charge is -2.12. The van der Waals surface area contributed by atoms with E-state index in [9.17, 15) is 4.79 Å². The first-order valence-electron chi connectivity index (χ1n) is 5.54. The number of nitrogen functional groups attached to an aromatic ring is 1. The number of hydrogen-bond donors (Lipinski definition) is 1. The van der Waals surface area contributed by atoms with Crippen LogP contribution >= 0.6 is 11.3 Å². The van der Waals surface area contributed by atoms with E-state index in [-0.39, 0.29) is 5.78 Å². The second-order valence-corrected chi connectivity index (χ2v) is 5.26. The van der Waals surface area contributed by atoms with Gasteiger partial charge in [-0.25, -0.2) is 4.98 Å². The van der Waals surface area contributed by atoms with E-state index in [1.807, 2.05) is 43.3 Å². The van der Waals surface area contributed by atoms with E-state index in [0.717, 1.165) is 16.1 Å². The first-order valence-corrected chi connectivity index (χ1v) is 6.35. The Bertz CT molecular complexity index is 572. The van der Waals surface area contributed by atoms with Crippen molar-refractivity contribution >= 4 is 27.9 Å². The van der Waals surface area contributed by atoms with E-state index in [4.69, 9.17) is 5.73 Å². The van der Waals surface area contributed by atoms with Crippen LogP contribution in [0.3, 0.4) is 0 Å². The molecule has 0 radical (unpaired) electrons. The second-order valence-electron chi connectivity index (χ2n) is 4.23. The van der Waals surface area contributed by atoms with E-state index in [0.29, 0.717) is 10.8 Å². The van der Waals surface area contributed by atoms with Gasteiger partial charge in [0.2, 0.25) is 0 Å². The van der Waals surface area contributed by atoms with Gasteiger partial charge in [0.15, 0.2) is 10.9 Å². The molecule has 18 heavy (non-hydrogen) atoms. The number of nitrogens with zero attached hydrogens (tertiary/aromatic N) is 2. The number of hydrogen-bond acceptors (Lipinski definition) is 5. The monoisotopic (exact) mass is 261 g/mol. The maximum absolute atomic E-state index is 11.5. The minimum Gasteiger partial charge on any atom is -0.378 e. The van der Waals surface area contributed by atoms with Crippen LogP contribution in [-0.4, -0.2) is 24.9 Å². The van der Waals surface area contributed by atoms with Crippen LogP contribution in [-0.2, 0) is 0 Å². The predicted molar refractivity (Wildman–Crippen MR) is 76.3 cm³/mol. The molecule has 5 heteroatoms. The van der Waals surface area contributed by atoms with Crippen molar-refractivity contribution in [1.29, 1.82) is 0 Å². The normalized spacial score (nSPS) is 10.4. The molecule has 2 N–H and O–H groups in total. The molecule has 0 aliphatic heterocycles. The van der Waals surface area contributed by atoms with Crippen molar-refractivity contribution in [3.8, 4) is 10.4 Å². The van der Waals surface area contributed by atoms with E-state index >= 15 is 0 Å². The van der Waals surface area contributed by atoms with Gasteiger partial charge in [-0.3, -0.25) is 4.79 Å². The standard InChI is InChI=1S/C13H15N3OS/c1-8(17)11-12(18-13(14)15-11)9-4-6-10(7-5-9)16(2)3/h4-7H,1-3H3,(H2,14,15). The first-order chi connectivity index (χ1) is 8.49. The van der Waals surface area contributed by atoms with Gasteiger partial charge >= 0.3 is 0 Å². The fraction of sp³-hybridized carbons (Fsp3) is 0.231. The van der Waals surface area contributed by atoms with Crippen molar-refractivity contribution in [1.82, 2.24) is 4.98 Å². The van der Waals surface area contributed by atoms with Crippen LogP contribution in [0, 0.1) is 0 Å². The number of ketones is 1. The topological polar surface area (TPSA) is 59.2 Å². The number of carbonyl (C=O) groups is 1. The van der Waals surface area contributed by atoms with Gasteiger partial charge in [-0.2, -0.15) is 0 Å². The highest BCUT2D eigenvalue weighted by molar-refractivity contribution is 7.19. The van der Waals surface area contributed by atoms with Crippen LogP contribution in [0.2, 0.25) is 0 Å². The minimum atomic E-state index is -0.0605. The highest BCUT2D eigenvalue weighted by Crippen LogP contribution is 2.32. The summed E-state index contributed by atoms with van der Waals surface area (Å²) in [5.74, 6) is -0.0605. The highest BCUT2D eigenvalue weighted by Gasteiger charge is 2.15. The average molecular weight is 261 g/mol. The first kappa shape index (κ1) is 12.6. The summed E-state index contributed by atoms with van der Waals surface area (Å²) in [7, 11) is 3.97. The van der Waals surface area contributed by atoms with Crippen molar-refractivity contribution in [3.05, 3.63) is 30.0 Å². The molecule has 0 aliphatic carbocycles. The summed E-state index contributed by atoms with van der Waals surface area (Å²) in [5, 5.41) is 0.423. The average Bonchev–Trinajstić information content (AvgIpc) is 2.71. The fourth-order valence-corrected chi connectivity index (χ4v) is 2.57. The van der Waals surface area contributed by atoms with Gasteiger partial charge in [0.25, 0.3) is 0 Å². The molecule has 1 aromatic heterocycles. The molecule has 0 saturated heterocycles. The third-order valence-corrected chi connectivity index (χ3v) is 3.56. The molecule has 0 saturated carbocycles. The number of nitrogens with two attached hydrogens (primary N) is 1. The third kappa shape index (κ3) is 2.36. The molecular formula is C13H15N3OS. The van der Waals surface area contributed by atoms with Crippen molar-refractivity contribution in [2.75, 3.05) is 24.7 Å². The zero-order valence-electron chi connectivity index (χ0n) is 10.6. The van der Waals surface area contributed by atoms with E-state index in [1.54, 1.807) is 0 Å². The van der Waals surface area contributed by atoms with Crippen LogP contribution in [0.25, 0.3) is 10.4 Å². The molecule has 0 bridgehead atoms. The van der Waals surface area contributed by atoms with Crippen molar-refractivity contribution < 1.29 is 4.79 Å². The molecule has 94 valence electrons. The van der Waals surface area contributed by atoms with Gasteiger partial charge in [-0.15, -0.1) is 0 Å². The van der Waals surface area contributed by atoms with Gasteiger partial charge in [0.1, 0.15) is 5.69 Å². The van der Waals surface area contributed by atoms with Gasteiger partial charge in [-0.1, -0.05) is 23.5 Å². The third-order valence-electron chi connectivity index (χ3n) is 2.62. The molecule has 1 heterocycles. The van der Waals surface area contributed by atoms with Gasteiger partial charge < -0.3 is 10.6 Å².